The maximum absolute atomic E-state index is 12.8. The van der Waals surface area contributed by atoms with Crippen LogP contribution in [0.4, 0.5) is 0 Å². The third-order valence-electron chi connectivity index (χ3n) is 5.46. The van der Waals surface area contributed by atoms with Crippen molar-refractivity contribution in [3.8, 4) is 0 Å². The Labute approximate surface area is 225 Å². The fourth-order valence-corrected chi connectivity index (χ4v) is 3.29. The van der Waals surface area contributed by atoms with Gasteiger partial charge in [0.25, 0.3) is 0 Å². The molecule has 222 valence electrons. The average Bonchev–Trinajstić information content (AvgIpc) is 2.91. The Kier molecular flexibility index (Phi) is 30.6. The van der Waals surface area contributed by atoms with Crippen molar-refractivity contribution in [2.24, 2.45) is 0 Å². The maximum atomic E-state index is 12.8. The number of carbonyl (C=O) groups excluding carboxylic acids is 1. The molecular formula is C27H55NO9. The fourth-order valence-electron chi connectivity index (χ4n) is 3.29. The molecule has 0 N–H and O–H groups in total. The molecule has 0 bridgehead atoms. The van der Waals surface area contributed by atoms with Crippen molar-refractivity contribution in [1.29, 1.82) is 0 Å². The zero-order chi connectivity index (χ0) is 27.1. The topological polar surface area (TPSA) is 94.2 Å². The number of ether oxygens (including phenoxy) is 8. The van der Waals surface area contributed by atoms with Gasteiger partial charge in [-0.3, -0.25) is 4.79 Å². The first-order valence-corrected chi connectivity index (χ1v) is 14.0. The van der Waals surface area contributed by atoms with E-state index in [9.17, 15) is 4.79 Å². The molecule has 0 aromatic carbocycles. The number of hydrogen-bond donors (Lipinski definition) is 0. The molecule has 0 spiro atoms. The van der Waals surface area contributed by atoms with Gasteiger partial charge >= 0.3 is 0 Å². The minimum absolute atomic E-state index is 0.164. The summed E-state index contributed by atoms with van der Waals surface area (Å²) in [5.41, 5.74) is 0. The third kappa shape index (κ3) is 28.0. The number of methoxy groups -OCH3 is 2. The fraction of sp³-hybridized carbons (Fsp3) is 0.963. The summed E-state index contributed by atoms with van der Waals surface area (Å²) in [4.78, 5) is 14.6. The zero-order valence-electron chi connectivity index (χ0n) is 23.9. The van der Waals surface area contributed by atoms with Crippen LogP contribution in [-0.4, -0.2) is 131 Å². The van der Waals surface area contributed by atoms with Crippen LogP contribution in [0.25, 0.3) is 0 Å². The summed E-state index contributed by atoms with van der Waals surface area (Å²) in [6.07, 6.45) is 7.55. The van der Waals surface area contributed by atoms with E-state index in [-0.39, 0.29) is 5.91 Å². The first kappa shape index (κ1) is 36.1. The van der Waals surface area contributed by atoms with Gasteiger partial charge in [0.2, 0.25) is 5.91 Å². The third-order valence-corrected chi connectivity index (χ3v) is 5.46. The van der Waals surface area contributed by atoms with Crippen molar-refractivity contribution >= 4 is 5.91 Å². The van der Waals surface area contributed by atoms with Crippen LogP contribution in [0.15, 0.2) is 0 Å². The standard InChI is InChI=1S/C27H55NO9/c1-4-5-6-7-8-9-10-27(29)28(11-13-32-19-21-36-25-23-34-17-15-30-2)12-14-33-20-22-37-26-24-35-18-16-31-3/h4-26H2,1-3H3. The van der Waals surface area contributed by atoms with Crippen LogP contribution >= 0.6 is 0 Å². The monoisotopic (exact) mass is 537 g/mol. The zero-order valence-corrected chi connectivity index (χ0v) is 23.9. The van der Waals surface area contributed by atoms with Crippen LogP contribution in [-0.2, 0) is 42.7 Å². The van der Waals surface area contributed by atoms with Gasteiger partial charge in [-0.25, -0.2) is 0 Å². The lowest BCUT2D eigenvalue weighted by molar-refractivity contribution is -0.133. The lowest BCUT2D eigenvalue weighted by Crippen LogP contribution is -2.37. The van der Waals surface area contributed by atoms with Crippen LogP contribution in [0, 0.1) is 0 Å². The molecule has 10 nitrogen and oxygen atoms in total. The molecule has 0 radical (unpaired) electrons. The van der Waals surface area contributed by atoms with Gasteiger partial charge in [-0.05, 0) is 6.42 Å². The highest BCUT2D eigenvalue weighted by atomic mass is 16.6. The predicted molar refractivity (Wildman–Crippen MR) is 143 cm³/mol. The number of hydrogen-bond acceptors (Lipinski definition) is 9. The summed E-state index contributed by atoms with van der Waals surface area (Å²) in [5.74, 6) is 0.164. The maximum Gasteiger partial charge on any atom is 0.222 e. The van der Waals surface area contributed by atoms with Crippen molar-refractivity contribution in [3.05, 3.63) is 0 Å². The molecule has 0 aliphatic carbocycles. The summed E-state index contributed by atoms with van der Waals surface area (Å²) < 4.78 is 42.9. The quantitative estimate of drug-likeness (QED) is 0.124. The number of amides is 1. The first-order valence-electron chi connectivity index (χ1n) is 14.0. The summed E-state index contributed by atoms with van der Waals surface area (Å²) in [7, 11) is 3.29. The van der Waals surface area contributed by atoms with Crippen molar-refractivity contribution < 1.29 is 42.7 Å². The van der Waals surface area contributed by atoms with E-state index >= 15 is 0 Å². The second-order valence-electron chi connectivity index (χ2n) is 8.56. The molecule has 0 atom stereocenters. The molecule has 10 heteroatoms. The predicted octanol–water partition coefficient (Wildman–Crippen LogP) is 2.96. The molecule has 1 amide bonds. The van der Waals surface area contributed by atoms with Crippen LogP contribution in [0.1, 0.15) is 51.9 Å². The lowest BCUT2D eigenvalue weighted by Gasteiger charge is -2.23. The van der Waals surface area contributed by atoms with Crippen molar-refractivity contribution in [2.45, 2.75) is 51.9 Å². The van der Waals surface area contributed by atoms with Crippen LogP contribution in [0.5, 0.6) is 0 Å². The molecule has 0 unspecified atom stereocenters. The van der Waals surface area contributed by atoms with Gasteiger partial charge in [-0.2, -0.15) is 0 Å². The van der Waals surface area contributed by atoms with Crippen LogP contribution < -0.4 is 0 Å². The molecule has 0 aliphatic heterocycles. The van der Waals surface area contributed by atoms with Gasteiger partial charge in [-0.1, -0.05) is 39.0 Å². The van der Waals surface area contributed by atoms with Crippen molar-refractivity contribution in [3.63, 3.8) is 0 Å². The highest BCUT2D eigenvalue weighted by Crippen LogP contribution is 2.08. The van der Waals surface area contributed by atoms with E-state index in [0.717, 1.165) is 12.8 Å². The second kappa shape index (κ2) is 31.4. The van der Waals surface area contributed by atoms with E-state index in [2.05, 4.69) is 6.92 Å². The minimum Gasteiger partial charge on any atom is -0.382 e. The van der Waals surface area contributed by atoms with E-state index in [0.29, 0.717) is 112 Å². The highest BCUT2D eigenvalue weighted by molar-refractivity contribution is 5.76. The van der Waals surface area contributed by atoms with Gasteiger partial charge < -0.3 is 42.8 Å². The second-order valence-corrected chi connectivity index (χ2v) is 8.56. The Morgan fingerprint density at radius 2 is 0.838 bits per heavy atom. The number of rotatable bonds is 31. The van der Waals surface area contributed by atoms with Gasteiger partial charge in [0.15, 0.2) is 0 Å². The highest BCUT2D eigenvalue weighted by Gasteiger charge is 2.13. The molecule has 0 aromatic rings. The van der Waals surface area contributed by atoms with E-state index < -0.39 is 0 Å². The molecule has 37 heavy (non-hydrogen) atoms. The molecule has 0 fully saturated rings. The van der Waals surface area contributed by atoms with E-state index in [1.54, 1.807) is 14.2 Å². The lowest BCUT2D eigenvalue weighted by atomic mass is 10.1. The minimum atomic E-state index is 0.164. The summed E-state index contributed by atoms with van der Waals surface area (Å²) in [6.45, 7) is 10.7. The molecule has 0 rings (SSSR count). The number of unbranched alkanes of at least 4 members (excludes halogenated alkanes) is 5. The Morgan fingerprint density at radius 1 is 0.486 bits per heavy atom. The van der Waals surface area contributed by atoms with Crippen LogP contribution in [0.2, 0.25) is 0 Å². The SMILES string of the molecule is CCCCCCCCC(=O)N(CCOCCOCCOCCOC)CCOCCOCCOCCOC. The molecule has 0 aromatic heterocycles. The average molecular weight is 538 g/mol. The van der Waals surface area contributed by atoms with Gasteiger partial charge in [0.1, 0.15) is 0 Å². The Hall–Kier alpha value is -0.850. The smallest absolute Gasteiger partial charge is 0.222 e. The van der Waals surface area contributed by atoms with Gasteiger partial charge in [0.05, 0.1) is 92.5 Å². The molecule has 0 saturated heterocycles. The normalized spacial score (nSPS) is 11.3. The largest absolute Gasteiger partial charge is 0.382 e. The number of nitrogens with zero attached hydrogens (tertiary/aromatic N) is 1. The van der Waals surface area contributed by atoms with Gasteiger partial charge in [0, 0.05) is 33.7 Å². The molecule has 0 aliphatic rings. The first-order chi connectivity index (χ1) is 18.3. The Balaban J connectivity index is 4.00. The van der Waals surface area contributed by atoms with E-state index in [4.69, 9.17) is 37.9 Å². The molecule has 0 heterocycles. The Morgan fingerprint density at radius 3 is 1.24 bits per heavy atom. The molecular weight excluding hydrogens is 482 g/mol. The Bertz CT molecular complexity index is 432. The molecule has 0 saturated carbocycles. The van der Waals surface area contributed by atoms with Crippen LogP contribution in [0.3, 0.4) is 0 Å². The van der Waals surface area contributed by atoms with Crippen molar-refractivity contribution in [1.82, 2.24) is 4.90 Å². The number of carbonyl (C=O) groups is 1. The summed E-state index contributed by atoms with van der Waals surface area (Å²) in [6, 6.07) is 0. The summed E-state index contributed by atoms with van der Waals surface area (Å²) in [5, 5.41) is 0. The van der Waals surface area contributed by atoms with Gasteiger partial charge in [-0.15, -0.1) is 0 Å². The van der Waals surface area contributed by atoms with E-state index in [1.165, 1.54) is 25.7 Å². The summed E-state index contributed by atoms with van der Waals surface area (Å²) >= 11 is 0. The van der Waals surface area contributed by atoms with E-state index in [1.807, 2.05) is 4.90 Å². The van der Waals surface area contributed by atoms with Crippen molar-refractivity contribution in [2.75, 3.05) is 120 Å².